The molecule has 1 saturated heterocycles. The fourth-order valence-corrected chi connectivity index (χ4v) is 7.79. The fourth-order valence-electron chi connectivity index (χ4n) is 4.87. The Morgan fingerprint density at radius 3 is 2.32 bits per heavy atom. The van der Waals surface area contributed by atoms with E-state index in [0.717, 1.165) is 34.2 Å². The number of aryl methyl sites for hydroxylation is 2. The van der Waals surface area contributed by atoms with Gasteiger partial charge in [-0.2, -0.15) is 4.31 Å². The molecule has 1 amide bonds. The minimum atomic E-state index is -3.67. The molecular formula is C29H39N3O4S2. The molecule has 7 nitrogen and oxygen atoms in total. The first-order valence-electron chi connectivity index (χ1n) is 13.4. The van der Waals surface area contributed by atoms with Crippen LogP contribution in [0.1, 0.15) is 62.0 Å². The first kappa shape index (κ1) is 28.7. The van der Waals surface area contributed by atoms with Crippen LogP contribution in [0.4, 0.5) is 5.13 Å². The largest absolute Gasteiger partial charge is 0.376 e. The smallest absolute Gasteiger partial charge is 0.260 e. The predicted molar refractivity (Wildman–Crippen MR) is 155 cm³/mol. The fraction of sp³-hybridized carbons (Fsp3) is 0.517. The molecule has 0 radical (unpaired) electrons. The normalized spacial score (nSPS) is 16.3. The van der Waals surface area contributed by atoms with Crippen molar-refractivity contribution in [3.05, 3.63) is 53.1 Å². The van der Waals surface area contributed by atoms with Crippen LogP contribution in [0.5, 0.6) is 0 Å². The molecule has 0 aliphatic carbocycles. The molecule has 1 aliphatic rings. The third-order valence-electron chi connectivity index (χ3n) is 6.58. The number of benzene rings is 2. The SMILES string of the molecule is Cc1cc(C)c2nc(N(CC3CCCO3)C(=O)c3ccc(S(=O)(=O)N(CC(C)C)CC(C)C)cc3)sc2c1. The summed E-state index contributed by atoms with van der Waals surface area (Å²) in [6, 6.07) is 10.5. The summed E-state index contributed by atoms with van der Waals surface area (Å²) in [4.78, 5) is 20.6. The van der Waals surface area contributed by atoms with Gasteiger partial charge in [0.1, 0.15) is 0 Å². The molecule has 1 aromatic heterocycles. The lowest BCUT2D eigenvalue weighted by Crippen LogP contribution is -2.38. The van der Waals surface area contributed by atoms with Crippen molar-refractivity contribution in [3.63, 3.8) is 0 Å². The summed E-state index contributed by atoms with van der Waals surface area (Å²) in [5.41, 5.74) is 3.56. The Morgan fingerprint density at radius 1 is 1.08 bits per heavy atom. The van der Waals surface area contributed by atoms with Gasteiger partial charge in [0.25, 0.3) is 5.91 Å². The van der Waals surface area contributed by atoms with E-state index in [1.807, 2.05) is 34.6 Å². The van der Waals surface area contributed by atoms with Gasteiger partial charge in [0.05, 0.1) is 27.8 Å². The highest BCUT2D eigenvalue weighted by Crippen LogP contribution is 2.33. The molecule has 206 valence electrons. The second-order valence-electron chi connectivity index (χ2n) is 11.1. The topological polar surface area (TPSA) is 79.8 Å². The number of amides is 1. The van der Waals surface area contributed by atoms with Crippen LogP contribution < -0.4 is 4.90 Å². The average Bonchev–Trinajstić information content (AvgIpc) is 3.51. The summed E-state index contributed by atoms with van der Waals surface area (Å²) in [6.45, 7) is 14.1. The van der Waals surface area contributed by atoms with E-state index in [-0.39, 0.29) is 28.7 Å². The van der Waals surface area contributed by atoms with Crippen molar-refractivity contribution in [3.8, 4) is 0 Å². The number of ether oxygens (including phenoxy) is 1. The van der Waals surface area contributed by atoms with Gasteiger partial charge in [-0.05, 0) is 80.0 Å². The van der Waals surface area contributed by atoms with Crippen LogP contribution >= 0.6 is 11.3 Å². The lowest BCUT2D eigenvalue weighted by Gasteiger charge is -2.26. The van der Waals surface area contributed by atoms with E-state index in [9.17, 15) is 13.2 Å². The highest BCUT2D eigenvalue weighted by atomic mass is 32.2. The Balaban J connectivity index is 1.65. The molecule has 9 heteroatoms. The first-order chi connectivity index (χ1) is 18.0. The summed E-state index contributed by atoms with van der Waals surface area (Å²) in [6.07, 6.45) is 1.82. The van der Waals surface area contributed by atoms with Gasteiger partial charge in [0.2, 0.25) is 10.0 Å². The van der Waals surface area contributed by atoms with Gasteiger partial charge >= 0.3 is 0 Å². The van der Waals surface area contributed by atoms with Crippen molar-refractivity contribution >= 4 is 42.6 Å². The molecule has 3 aromatic rings. The Morgan fingerprint density at radius 2 is 1.74 bits per heavy atom. The Bertz CT molecular complexity index is 1360. The van der Waals surface area contributed by atoms with Gasteiger partial charge < -0.3 is 4.74 Å². The summed E-state index contributed by atoms with van der Waals surface area (Å²) in [5.74, 6) is 0.202. The zero-order valence-electron chi connectivity index (χ0n) is 23.2. The number of thiazole rings is 1. The first-order valence-corrected chi connectivity index (χ1v) is 15.6. The second-order valence-corrected chi connectivity index (χ2v) is 14.1. The second kappa shape index (κ2) is 11.8. The van der Waals surface area contributed by atoms with Crippen LogP contribution in [0, 0.1) is 25.7 Å². The lowest BCUT2D eigenvalue weighted by molar-refractivity contribution is 0.0917. The summed E-state index contributed by atoms with van der Waals surface area (Å²) in [7, 11) is -3.67. The monoisotopic (exact) mass is 557 g/mol. The van der Waals surface area contributed by atoms with Crippen molar-refractivity contribution < 1.29 is 17.9 Å². The van der Waals surface area contributed by atoms with E-state index < -0.39 is 10.0 Å². The molecule has 1 aliphatic heterocycles. The Hall–Kier alpha value is -2.33. The van der Waals surface area contributed by atoms with Gasteiger partial charge in [0, 0.05) is 25.3 Å². The number of hydrogen-bond donors (Lipinski definition) is 0. The highest BCUT2D eigenvalue weighted by molar-refractivity contribution is 7.89. The van der Waals surface area contributed by atoms with E-state index in [2.05, 4.69) is 19.1 Å². The van der Waals surface area contributed by atoms with Crippen molar-refractivity contribution in [1.82, 2.24) is 9.29 Å². The summed E-state index contributed by atoms with van der Waals surface area (Å²) >= 11 is 1.50. The molecule has 2 heterocycles. The van der Waals surface area contributed by atoms with Gasteiger partial charge in [-0.1, -0.05) is 45.1 Å². The highest BCUT2D eigenvalue weighted by Gasteiger charge is 2.29. The van der Waals surface area contributed by atoms with Gasteiger partial charge in [-0.3, -0.25) is 9.69 Å². The number of rotatable bonds is 10. The number of carbonyl (C=O) groups excluding carboxylic acids is 1. The van der Waals surface area contributed by atoms with Crippen LogP contribution in [0.2, 0.25) is 0 Å². The number of hydrogen-bond acceptors (Lipinski definition) is 6. The standard InChI is InChI=1S/C29H39N3O4S2/c1-19(2)16-31(17-20(3)4)38(34,35)25-11-9-23(10-12-25)28(33)32(18-24-8-7-13-36-24)29-30-27-22(6)14-21(5)15-26(27)37-29/h9-12,14-15,19-20,24H,7-8,13,16-18H2,1-6H3. The minimum Gasteiger partial charge on any atom is -0.376 e. The molecule has 1 fully saturated rings. The number of nitrogens with zero attached hydrogens (tertiary/aromatic N) is 3. The Kier molecular flexibility index (Phi) is 8.92. The number of carbonyl (C=O) groups is 1. The molecule has 1 atom stereocenters. The van der Waals surface area contributed by atoms with E-state index in [0.29, 0.717) is 36.9 Å². The van der Waals surface area contributed by atoms with E-state index in [1.54, 1.807) is 33.5 Å². The van der Waals surface area contributed by atoms with E-state index >= 15 is 0 Å². The molecule has 38 heavy (non-hydrogen) atoms. The summed E-state index contributed by atoms with van der Waals surface area (Å²) in [5, 5.41) is 0.630. The molecule has 0 bridgehead atoms. The minimum absolute atomic E-state index is 0.0472. The van der Waals surface area contributed by atoms with E-state index in [4.69, 9.17) is 9.72 Å². The molecule has 0 saturated carbocycles. The van der Waals surface area contributed by atoms with E-state index in [1.165, 1.54) is 11.3 Å². The van der Waals surface area contributed by atoms with Crippen LogP contribution in [0.25, 0.3) is 10.2 Å². The van der Waals surface area contributed by atoms with Crippen molar-refractivity contribution in [2.24, 2.45) is 11.8 Å². The average molecular weight is 558 g/mol. The van der Waals surface area contributed by atoms with Crippen LogP contribution in [0.3, 0.4) is 0 Å². The van der Waals surface area contributed by atoms with Crippen molar-refractivity contribution in [2.75, 3.05) is 31.1 Å². The molecule has 2 aromatic carbocycles. The lowest BCUT2D eigenvalue weighted by atomic mass is 10.1. The number of aromatic nitrogens is 1. The van der Waals surface area contributed by atoms with Crippen LogP contribution in [-0.2, 0) is 14.8 Å². The maximum Gasteiger partial charge on any atom is 0.260 e. The number of fused-ring (bicyclic) bond motifs is 1. The predicted octanol–water partition coefficient (Wildman–Crippen LogP) is 6.04. The quantitative estimate of drug-likeness (QED) is 0.304. The number of anilines is 1. The van der Waals surface area contributed by atoms with Crippen LogP contribution in [-0.4, -0.2) is 56.0 Å². The maximum absolute atomic E-state index is 13.8. The van der Waals surface area contributed by atoms with Crippen molar-refractivity contribution in [2.45, 2.75) is 65.4 Å². The number of sulfonamides is 1. The van der Waals surface area contributed by atoms with Crippen LogP contribution in [0.15, 0.2) is 41.3 Å². The molecular weight excluding hydrogens is 518 g/mol. The summed E-state index contributed by atoms with van der Waals surface area (Å²) < 4.78 is 35.3. The zero-order chi connectivity index (χ0) is 27.6. The van der Waals surface area contributed by atoms with Gasteiger partial charge in [-0.15, -0.1) is 0 Å². The van der Waals surface area contributed by atoms with Gasteiger partial charge in [-0.25, -0.2) is 13.4 Å². The molecule has 0 spiro atoms. The third-order valence-corrected chi connectivity index (χ3v) is 9.45. The Labute approximate surface area is 230 Å². The molecule has 4 rings (SSSR count). The van der Waals surface area contributed by atoms with Crippen molar-refractivity contribution in [1.29, 1.82) is 0 Å². The molecule has 0 N–H and O–H groups in total. The molecule has 1 unspecified atom stereocenters. The maximum atomic E-state index is 13.8. The van der Waals surface area contributed by atoms with Gasteiger partial charge in [0.15, 0.2) is 5.13 Å². The third kappa shape index (κ3) is 6.45. The zero-order valence-corrected chi connectivity index (χ0v) is 24.9.